The quantitative estimate of drug-likeness (QED) is 0.441. The second-order valence-corrected chi connectivity index (χ2v) is 8.40. The Labute approximate surface area is 195 Å². The van der Waals surface area contributed by atoms with E-state index in [0.717, 1.165) is 47.6 Å². The smallest absolute Gasteiger partial charge is 0.398 e. The Balaban J connectivity index is 1.34. The number of anilines is 2. The molecule has 0 spiro atoms. The fraction of sp³-hybridized carbons (Fsp3) is 0.227. The van der Waals surface area contributed by atoms with Crippen LogP contribution in [-0.4, -0.2) is 71.6 Å². The zero-order chi connectivity index (χ0) is 22.6. The number of aromatic nitrogens is 4. The van der Waals surface area contributed by atoms with Gasteiger partial charge < -0.3 is 19.7 Å². The summed E-state index contributed by atoms with van der Waals surface area (Å²) in [5.74, 6) is 0.188. The minimum Gasteiger partial charge on any atom is -0.427 e. The first-order chi connectivity index (χ1) is 16.2. The number of hydrogen-bond acceptors (Lipinski definition) is 9. The van der Waals surface area contributed by atoms with Gasteiger partial charge in [0.2, 0.25) is 0 Å². The zero-order valence-corrected chi connectivity index (χ0v) is 18.8. The van der Waals surface area contributed by atoms with Gasteiger partial charge in [-0.3, -0.25) is 9.78 Å². The molecule has 1 radical (unpaired) electrons. The summed E-state index contributed by atoms with van der Waals surface area (Å²) in [7, 11) is 3.39. The van der Waals surface area contributed by atoms with Gasteiger partial charge >= 0.3 is 7.62 Å². The van der Waals surface area contributed by atoms with E-state index in [1.807, 2.05) is 24.3 Å². The summed E-state index contributed by atoms with van der Waals surface area (Å²) in [6, 6.07) is 9.37. The number of nitrogens with one attached hydrogen (secondary N) is 1. The van der Waals surface area contributed by atoms with Crippen LogP contribution in [0.1, 0.15) is 10.5 Å². The number of fused-ring (bicyclic) bond motifs is 1. The van der Waals surface area contributed by atoms with Crippen LogP contribution in [0.5, 0.6) is 0 Å². The summed E-state index contributed by atoms with van der Waals surface area (Å²) in [5, 5.41) is 2.98. The Morgan fingerprint density at radius 3 is 2.85 bits per heavy atom. The van der Waals surface area contributed by atoms with Crippen molar-refractivity contribution < 1.29 is 9.45 Å². The third-order valence-electron chi connectivity index (χ3n) is 5.43. The van der Waals surface area contributed by atoms with E-state index in [2.05, 4.69) is 35.0 Å². The first-order valence-electron chi connectivity index (χ1n) is 10.5. The van der Waals surface area contributed by atoms with E-state index in [1.165, 1.54) is 0 Å². The molecule has 1 saturated heterocycles. The van der Waals surface area contributed by atoms with E-state index in [4.69, 9.17) is 4.65 Å². The van der Waals surface area contributed by atoms with Crippen molar-refractivity contribution in [1.82, 2.24) is 24.7 Å². The van der Waals surface area contributed by atoms with Crippen LogP contribution in [0.4, 0.5) is 11.4 Å². The van der Waals surface area contributed by atoms with Crippen molar-refractivity contribution in [3.8, 4) is 11.4 Å². The van der Waals surface area contributed by atoms with Gasteiger partial charge in [-0.05, 0) is 30.3 Å². The Bertz CT molecular complexity index is 1280. The molecule has 4 heterocycles. The molecule has 0 aliphatic carbocycles. The highest BCUT2D eigenvalue weighted by atomic mass is 32.1. The van der Waals surface area contributed by atoms with Gasteiger partial charge in [-0.2, -0.15) is 0 Å². The molecule has 1 amide bonds. The lowest BCUT2D eigenvalue weighted by molar-refractivity contribution is 0.102. The molecule has 165 valence electrons. The summed E-state index contributed by atoms with van der Waals surface area (Å²) in [5.41, 5.74) is 5.45. The van der Waals surface area contributed by atoms with Crippen LogP contribution in [-0.2, 0) is 4.65 Å². The number of nitrogens with zero attached hydrogens (tertiary/aromatic N) is 6. The van der Waals surface area contributed by atoms with E-state index in [0.29, 0.717) is 17.2 Å². The third kappa shape index (κ3) is 4.70. The predicted octanol–water partition coefficient (Wildman–Crippen LogP) is 2.70. The highest BCUT2D eigenvalue weighted by molar-refractivity contribution is 7.16. The molecule has 0 unspecified atom stereocenters. The molecule has 5 rings (SSSR count). The molecular formula is C22H21BN7O2S. The second kappa shape index (κ2) is 9.61. The molecule has 1 aliphatic heterocycles. The summed E-state index contributed by atoms with van der Waals surface area (Å²) in [6.07, 6.45) is 5.00. The molecule has 3 aromatic heterocycles. The average molecular weight is 458 g/mol. The molecule has 4 aromatic rings. The molecule has 11 heteroatoms. The number of piperazine rings is 1. The normalized spacial score (nSPS) is 14.4. The van der Waals surface area contributed by atoms with Crippen molar-refractivity contribution in [2.45, 2.75) is 0 Å². The summed E-state index contributed by atoms with van der Waals surface area (Å²) < 4.78 is 6.16. The number of pyridine rings is 1. The highest BCUT2D eigenvalue weighted by Crippen LogP contribution is 2.27. The van der Waals surface area contributed by atoms with E-state index >= 15 is 0 Å². The van der Waals surface area contributed by atoms with Crippen LogP contribution in [0.15, 0.2) is 54.4 Å². The number of amides is 1. The summed E-state index contributed by atoms with van der Waals surface area (Å²) in [6.45, 7) is 3.29. The number of rotatable bonds is 6. The van der Waals surface area contributed by atoms with E-state index < -0.39 is 0 Å². The van der Waals surface area contributed by atoms with E-state index in [9.17, 15) is 4.79 Å². The minimum atomic E-state index is -0.307. The van der Waals surface area contributed by atoms with E-state index in [1.54, 1.807) is 56.2 Å². The fourth-order valence-corrected chi connectivity index (χ4v) is 4.50. The monoisotopic (exact) mass is 458 g/mol. The van der Waals surface area contributed by atoms with Crippen LogP contribution in [0, 0.1) is 0 Å². The van der Waals surface area contributed by atoms with Gasteiger partial charge in [-0.1, -0.05) is 0 Å². The van der Waals surface area contributed by atoms with Gasteiger partial charge in [0.05, 0.1) is 33.3 Å². The van der Waals surface area contributed by atoms with Crippen molar-refractivity contribution in [2.24, 2.45) is 0 Å². The van der Waals surface area contributed by atoms with Gasteiger partial charge in [-0.15, -0.1) is 11.3 Å². The van der Waals surface area contributed by atoms with Crippen molar-refractivity contribution in [1.29, 1.82) is 0 Å². The maximum Gasteiger partial charge on any atom is 0.398 e. The maximum atomic E-state index is 13.1. The van der Waals surface area contributed by atoms with Gasteiger partial charge in [0.1, 0.15) is 5.69 Å². The van der Waals surface area contributed by atoms with Gasteiger partial charge in [0.25, 0.3) is 5.91 Å². The molecule has 1 aromatic carbocycles. The lowest BCUT2D eigenvalue weighted by Gasteiger charge is -2.36. The van der Waals surface area contributed by atoms with Crippen molar-refractivity contribution in [3.05, 3.63) is 60.1 Å². The van der Waals surface area contributed by atoms with Crippen LogP contribution >= 0.6 is 11.3 Å². The largest absolute Gasteiger partial charge is 0.427 e. The van der Waals surface area contributed by atoms with Gasteiger partial charge in [0.15, 0.2) is 5.82 Å². The molecule has 0 atom stereocenters. The Kier molecular flexibility index (Phi) is 6.25. The Morgan fingerprint density at radius 2 is 2.00 bits per heavy atom. The number of benzene rings is 1. The summed E-state index contributed by atoms with van der Waals surface area (Å²) in [4.78, 5) is 34.8. The predicted molar refractivity (Wildman–Crippen MR) is 129 cm³/mol. The number of carbonyl (C=O) groups is 1. The number of thiazole rings is 1. The second-order valence-electron chi connectivity index (χ2n) is 7.51. The fourth-order valence-electron chi connectivity index (χ4n) is 3.78. The Hall–Kier alpha value is -3.41. The standard InChI is InChI=1S/C22H21BN7O2S/c1-32-23-30-10-8-29(9-11-30)19-5-6-24-13-18(19)28-22(31)17-4-7-25-21(27-17)15-2-3-16-20(12-15)33-14-26-16/h2-7,12-14H,8-11H2,1H3,(H,28,31). The minimum absolute atomic E-state index is 0.290. The van der Waals surface area contributed by atoms with Crippen LogP contribution in [0.3, 0.4) is 0 Å². The zero-order valence-electron chi connectivity index (χ0n) is 18.0. The number of hydrogen-bond donors (Lipinski definition) is 1. The van der Waals surface area contributed by atoms with Crippen LogP contribution < -0.4 is 10.2 Å². The number of carbonyl (C=O) groups excluding carboxylic acids is 1. The van der Waals surface area contributed by atoms with Crippen molar-refractivity contribution in [2.75, 3.05) is 43.5 Å². The molecular weight excluding hydrogens is 437 g/mol. The lowest BCUT2D eigenvalue weighted by Crippen LogP contribution is -2.48. The maximum absolute atomic E-state index is 13.1. The topological polar surface area (TPSA) is 96.4 Å². The molecule has 1 aliphatic rings. The highest BCUT2D eigenvalue weighted by Gasteiger charge is 2.21. The summed E-state index contributed by atoms with van der Waals surface area (Å²) >= 11 is 1.56. The van der Waals surface area contributed by atoms with Crippen molar-refractivity contribution in [3.63, 3.8) is 0 Å². The van der Waals surface area contributed by atoms with E-state index in [-0.39, 0.29) is 5.91 Å². The Morgan fingerprint density at radius 1 is 1.12 bits per heavy atom. The van der Waals surface area contributed by atoms with Crippen molar-refractivity contribution >= 4 is 46.5 Å². The molecule has 0 saturated carbocycles. The van der Waals surface area contributed by atoms with Crippen LogP contribution in [0.25, 0.3) is 21.6 Å². The lowest BCUT2D eigenvalue weighted by atomic mass is 10.1. The van der Waals surface area contributed by atoms with Gasteiger partial charge in [-0.25, -0.2) is 15.0 Å². The molecule has 0 bridgehead atoms. The molecule has 1 fully saturated rings. The molecule has 1 N–H and O–H groups in total. The molecule has 33 heavy (non-hydrogen) atoms. The van der Waals surface area contributed by atoms with Crippen LogP contribution in [0.2, 0.25) is 0 Å². The SMILES string of the molecule is CO[B]N1CCN(c2ccncc2NC(=O)c2ccnc(-c3ccc4ncsc4c3)n2)CC1. The van der Waals surface area contributed by atoms with Gasteiger partial charge in [0, 0.05) is 51.2 Å². The third-order valence-corrected chi connectivity index (χ3v) is 6.23. The average Bonchev–Trinajstić information content (AvgIpc) is 3.33. The first kappa shape index (κ1) is 21.4. The molecule has 9 nitrogen and oxygen atoms in total. The first-order valence-corrected chi connectivity index (χ1v) is 11.4.